The number of hydrogen-bond acceptors (Lipinski definition) is 1. The van der Waals surface area contributed by atoms with E-state index in [0.717, 1.165) is 22.2 Å². The zero-order valence-corrected chi connectivity index (χ0v) is 22.8. The third kappa shape index (κ3) is 3.39. The molecule has 0 aliphatic carbocycles. The number of hydrogen-bond donors (Lipinski definition) is 0. The summed E-state index contributed by atoms with van der Waals surface area (Å²) in [5.74, 6) is 0. The van der Waals surface area contributed by atoms with Gasteiger partial charge in [-0.1, -0.05) is 109 Å². The molecule has 0 spiro atoms. The summed E-state index contributed by atoms with van der Waals surface area (Å²) in [5, 5.41) is 7.24. The van der Waals surface area contributed by atoms with Gasteiger partial charge < -0.3 is 8.98 Å². The van der Waals surface area contributed by atoms with E-state index in [0.29, 0.717) is 0 Å². The largest absolute Gasteiger partial charge is 0.456 e. The number of fused-ring (bicyclic) bond motifs is 9. The number of rotatable bonds is 3. The molecule has 0 radical (unpaired) electrons. The normalized spacial score (nSPS) is 11.8. The monoisotopic (exact) mass is 535 g/mol. The van der Waals surface area contributed by atoms with Gasteiger partial charge in [0.15, 0.2) is 0 Å². The molecule has 0 saturated heterocycles. The molecule has 0 aliphatic heterocycles. The maximum atomic E-state index is 6.27. The van der Waals surface area contributed by atoms with Crippen LogP contribution in [0.2, 0.25) is 0 Å². The molecule has 196 valence electrons. The van der Waals surface area contributed by atoms with E-state index in [-0.39, 0.29) is 0 Å². The molecular formula is C40H25NO. The number of nitrogens with zero attached hydrogens (tertiary/aromatic N) is 1. The van der Waals surface area contributed by atoms with Crippen LogP contribution in [0.1, 0.15) is 0 Å². The van der Waals surface area contributed by atoms with Crippen molar-refractivity contribution >= 4 is 54.5 Å². The van der Waals surface area contributed by atoms with Gasteiger partial charge in [-0.25, -0.2) is 0 Å². The van der Waals surface area contributed by atoms with Crippen LogP contribution in [0.15, 0.2) is 156 Å². The predicted molar refractivity (Wildman–Crippen MR) is 176 cm³/mol. The molecule has 0 aliphatic rings. The van der Waals surface area contributed by atoms with E-state index < -0.39 is 0 Å². The second-order valence-corrected chi connectivity index (χ2v) is 10.9. The SMILES string of the molecule is c1ccc(-c2cc(-c3ccccc3)cc(-n3c4ccccc4c4ccc5c(ccc6oc7ccccc7c65)c43)c2)cc1. The Balaban J connectivity index is 1.44. The van der Waals surface area contributed by atoms with Crippen LogP contribution < -0.4 is 0 Å². The van der Waals surface area contributed by atoms with E-state index in [1.54, 1.807) is 0 Å². The lowest BCUT2D eigenvalue weighted by atomic mass is 9.97. The minimum Gasteiger partial charge on any atom is -0.456 e. The van der Waals surface area contributed by atoms with E-state index >= 15 is 0 Å². The molecule has 42 heavy (non-hydrogen) atoms. The van der Waals surface area contributed by atoms with Gasteiger partial charge in [-0.15, -0.1) is 0 Å². The summed E-state index contributed by atoms with van der Waals surface area (Å²) in [7, 11) is 0. The molecular weight excluding hydrogens is 510 g/mol. The third-order valence-corrected chi connectivity index (χ3v) is 8.56. The molecule has 0 saturated carbocycles. The first kappa shape index (κ1) is 23.1. The van der Waals surface area contributed by atoms with Crippen molar-refractivity contribution in [3.63, 3.8) is 0 Å². The fourth-order valence-corrected chi connectivity index (χ4v) is 6.69. The topological polar surface area (TPSA) is 18.1 Å². The average molecular weight is 536 g/mol. The summed E-state index contributed by atoms with van der Waals surface area (Å²) < 4.78 is 8.73. The van der Waals surface area contributed by atoms with Crippen LogP contribution >= 0.6 is 0 Å². The molecule has 2 heterocycles. The van der Waals surface area contributed by atoms with Crippen LogP contribution in [0.25, 0.3) is 82.5 Å². The molecule has 0 unspecified atom stereocenters. The molecule has 2 heteroatoms. The minimum absolute atomic E-state index is 0.920. The first-order valence-electron chi connectivity index (χ1n) is 14.4. The molecule has 0 atom stereocenters. The number of aromatic nitrogens is 1. The lowest BCUT2D eigenvalue weighted by molar-refractivity contribution is 0.669. The smallest absolute Gasteiger partial charge is 0.136 e. The van der Waals surface area contributed by atoms with Gasteiger partial charge in [-0.3, -0.25) is 0 Å². The number of benzene rings is 7. The predicted octanol–water partition coefficient (Wildman–Crippen LogP) is 11.2. The quantitative estimate of drug-likeness (QED) is 0.220. The second-order valence-electron chi connectivity index (χ2n) is 10.9. The fraction of sp³-hybridized carbons (Fsp3) is 0. The molecule has 2 aromatic heterocycles. The van der Waals surface area contributed by atoms with Crippen LogP contribution in [-0.4, -0.2) is 4.57 Å². The van der Waals surface area contributed by atoms with Crippen molar-refractivity contribution in [2.24, 2.45) is 0 Å². The van der Waals surface area contributed by atoms with Gasteiger partial charge in [0, 0.05) is 32.6 Å². The Kier molecular flexibility index (Phi) is 4.93. The van der Waals surface area contributed by atoms with Crippen LogP contribution in [0, 0.1) is 0 Å². The van der Waals surface area contributed by atoms with Crippen LogP contribution in [0.3, 0.4) is 0 Å². The molecule has 9 aromatic rings. The highest BCUT2D eigenvalue weighted by molar-refractivity contribution is 6.26. The summed E-state index contributed by atoms with van der Waals surface area (Å²) in [5.41, 5.74) is 10.2. The van der Waals surface area contributed by atoms with Gasteiger partial charge in [0.2, 0.25) is 0 Å². The highest BCUT2D eigenvalue weighted by Gasteiger charge is 2.19. The summed E-state index contributed by atoms with van der Waals surface area (Å²) in [6.07, 6.45) is 0. The third-order valence-electron chi connectivity index (χ3n) is 8.56. The molecule has 2 nitrogen and oxygen atoms in total. The maximum Gasteiger partial charge on any atom is 0.136 e. The van der Waals surface area contributed by atoms with Gasteiger partial charge in [-0.2, -0.15) is 0 Å². The van der Waals surface area contributed by atoms with E-state index in [4.69, 9.17) is 4.42 Å². The number of para-hydroxylation sites is 2. The zero-order valence-electron chi connectivity index (χ0n) is 22.8. The molecule has 0 amide bonds. The van der Waals surface area contributed by atoms with E-state index in [9.17, 15) is 0 Å². The molecule has 9 rings (SSSR count). The fourth-order valence-electron chi connectivity index (χ4n) is 6.69. The Hall–Kier alpha value is -5.60. The summed E-state index contributed by atoms with van der Waals surface area (Å²) in [6.45, 7) is 0. The Morgan fingerprint density at radius 3 is 1.69 bits per heavy atom. The average Bonchev–Trinajstić information content (AvgIpc) is 3.61. The summed E-state index contributed by atoms with van der Waals surface area (Å²) in [6, 6.07) is 54.3. The Labute approximate surface area is 242 Å². The van der Waals surface area contributed by atoms with Crippen molar-refractivity contribution in [3.05, 3.63) is 152 Å². The van der Waals surface area contributed by atoms with Crippen molar-refractivity contribution in [2.45, 2.75) is 0 Å². The van der Waals surface area contributed by atoms with Gasteiger partial charge >= 0.3 is 0 Å². The second kappa shape index (κ2) is 8.95. The van der Waals surface area contributed by atoms with Crippen molar-refractivity contribution in [1.82, 2.24) is 4.57 Å². The van der Waals surface area contributed by atoms with E-state index in [2.05, 4.69) is 150 Å². The zero-order chi connectivity index (χ0) is 27.6. The van der Waals surface area contributed by atoms with Crippen LogP contribution in [0.4, 0.5) is 0 Å². The van der Waals surface area contributed by atoms with Gasteiger partial charge in [0.25, 0.3) is 0 Å². The van der Waals surface area contributed by atoms with Crippen molar-refractivity contribution in [1.29, 1.82) is 0 Å². The Morgan fingerprint density at radius 1 is 0.381 bits per heavy atom. The minimum atomic E-state index is 0.920. The first-order valence-corrected chi connectivity index (χ1v) is 14.4. The molecule has 7 aromatic carbocycles. The van der Waals surface area contributed by atoms with Gasteiger partial charge in [0.05, 0.1) is 11.0 Å². The standard InChI is InChI=1S/C40H25NO/c1-3-11-26(12-4-1)28-23-29(27-13-5-2-6-14-27)25-30(24-28)41-36-17-9-7-15-31(36)33-20-19-32-34(40(33)41)21-22-38-39(32)35-16-8-10-18-37(35)42-38/h1-25H. The van der Waals surface area contributed by atoms with Crippen LogP contribution in [-0.2, 0) is 0 Å². The highest BCUT2D eigenvalue weighted by Crippen LogP contribution is 2.42. The first-order chi connectivity index (χ1) is 20.8. The van der Waals surface area contributed by atoms with E-state index in [1.165, 1.54) is 60.2 Å². The van der Waals surface area contributed by atoms with E-state index in [1.807, 2.05) is 6.07 Å². The Morgan fingerprint density at radius 2 is 0.952 bits per heavy atom. The highest BCUT2D eigenvalue weighted by atomic mass is 16.3. The maximum absolute atomic E-state index is 6.27. The molecule has 0 N–H and O–H groups in total. The molecule has 0 bridgehead atoms. The number of furan rings is 1. The summed E-state index contributed by atoms with van der Waals surface area (Å²) in [4.78, 5) is 0. The van der Waals surface area contributed by atoms with Gasteiger partial charge in [0.1, 0.15) is 11.2 Å². The van der Waals surface area contributed by atoms with Crippen molar-refractivity contribution in [3.8, 4) is 27.9 Å². The van der Waals surface area contributed by atoms with Crippen LogP contribution in [0.5, 0.6) is 0 Å². The van der Waals surface area contributed by atoms with Crippen molar-refractivity contribution < 1.29 is 4.42 Å². The lowest BCUT2D eigenvalue weighted by Gasteiger charge is -2.15. The molecule has 0 fully saturated rings. The van der Waals surface area contributed by atoms with Crippen molar-refractivity contribution in [2.75, 3.05) is 0 Å². The van der Waals surface area contributed by atoms with Gasteiger partial charge in [-0.05, 0) is 70.1 Å². The lowest BCUT2D eigenvalue weighted by Crippen LogP contribution is -1.96. The Bertz CT molecular complexity index is 2390. The summed E-state index contributed by atoms with van der Waals surface area (Å²) >= 11 is 0.